The molecule has 1 fully saturated rings. The van der Waals surface area contributed by atoms with Crippen LogP contribution in [-0.4, -0.2) is 11.7 Å². The Kier molecular flexibility index (Phi) is 3.73. The lowest BCUT2D eigenvalue weighted by molar-refractivity contribution is 0.280. The number of rotatable bonds is 2. The second kappa shape index (κ2) is 4.94. The molecule has 0 heterocycles. The Bertz CT molecular complexity index is 416. The van der Waals surface area contributed by atoms with E-state index in [0.717, 1.165) is 32.1 Å². The van der Waals surface area contributed by atoms with Gasteiger partial charge in [0.15, 0.2) is 0 Å². The van der Waals surface area contributed by atoms with Gasteiger partial charge in [-0.3, -0.25) is 0 Å². The van der Waals surface area contributed by atoms with E-state index >= 15 is 0 Å². The minimum atomic E-state index is -0.393. The van der Waals surface area contributed by atoms with Crippen LogP contribution in [0.4, 0.5) is 4.39 Å². The first-order valence-corrected chi connectivity index (χ1v) is 6.77. The summed E-state index contributed by atoms with van der Waals surface area (Å²) in [5.74, 6) is -0.338. The maximum absolute atomic E-state index is 14.0. The van der Waals surface area contributed by atoms with Crippen LogP contribution in [0.25, 0.3) is 0 Å². The third-order valence-corrected chi connectivity index (χ3v) is 4.45. The molecule has 4 heteroatoms. The Morgan fingerprint density at radius 3 is 2.53 bits per heavy atom. The van der Waals surface area contributed by atoms with E-state index in [1.807, 2.05) is 0 Å². The molecular weight excluding hydrogens is 285 g/mol. The van der Waals surface area contributed by atoms with Gasteiger partial charge in [-0.2, -0.15) is 0 Å². The van der Waals surface area contributed by atoms with Crippen LogP contribution in [-0.2, 0) is 5.41 Å². The van der Waals surface area contributed by atoms with E-state index < -0.39 is 5.41 Å². The molecule has 1 aromatic carbocycles. The molecule has 1 aliphatic carbocycles. The monoisotopic (exact) mass is 301 g/mol. The van der Waals surface area contributed by atoms with E-state index in [0.29, 0.717) is 16.6 Å². The minimum absolute atomic E-state index is 0.0114. The molecule has 1 aliphatic rings. The zero-order chi connectivity index (χ0) is 12.5. The van der Waals surface area contributed by atoms with Gasteiger partial charge in [0.2, 0.25) is 0 Å². The molecule has 2 nitrogen and oxygen atoms in total. The Hall–Kier alpha value is -0.610. The van der Waals surface area contributed by atoms with Crippen molar-refractivity contribution in [2.45, 2.75) is 37.5 Å². The van der Waals surface area contributed by atoms with Crippen LogP contribution in [0, 0.1) is 5.82 Å². The van der Waals surface area contributed by atoms with Crippen molar-refractivity contribution in [2.75, 3.05) is 6.54 Å². The Labute approximate surface area is 109 Å². The highest BCUT2D eigenvalue weighted by Crippen LogP contribution is 2.45. The first-order chi connectivity index (χ1) is 8.10. The molecule has 0 amide bonds. The largest absolute Gasteiger partial charge is 0.506 e. The first kappa shape index (κ1) is 12.8. The van der Waals surface area contributed by atoms with Gasteiger partial charge < -0.3 is 10.8 Å². The summed E-state index contributed by atoms with van der Waals surface area (Å²) in [4.78, 5) is 0. The Balaban J connectivity index is 2.53. The predicted octanol–water partition coefficient (Wildman–Crippen LogP) is 3.45. The number of benzene rings is 1. The fraction of sp³-hybridized carbons (Fsp3) is 0.538. The van der Waals surface area contributed by atoms with Crippen molar-refractivity contribution < 1.29 is 9.50 Å². The van der Waals surface area contributed by atoms with Gasteiger partial charge in [-0.05, 0) is 40.9 Å². The average molecular weight is 302 g/mol. The van der Waals surface area contributed by atoms with Gasteiger partial charge in [-0.1, -0.05) is 19.3 Å². The second-order valence-electron chi connectivity index (χ2n) is 4.80. The SMILES string of the molecule is NCC1(c2c(F)ccc(Br)c2O)CCCCC1. The van der Waals surface area contributed by atoms with Crippen LogP contribution in [0.2, 0.25) is 0 Å². The second-order valence-corrected chi connectivity index (χ2v) is 5.65. The van der Waals surface area contributed by atoms with Gasteiger partial charge in [0.05, 0.1) is 4.47 Å². The summed E-state index contributed by atoms with van der Waals surface area (Å²) >= 11 is 3.24. The highest BCUT2D eigenvalue weighted by atomic mass is 79.9. The molecule has 0 aromatic heterocycles. The van der Waals surface area contributed by atoms with Crippen LogP contribution >= 0.6 is 15.9 Å². The molecular formula is C13H17BrFNO. The highest BCUT2D eigenvalue weighted by Gasteiger charge is 2.37. The van der Waals surface area contributed by atoms with Gasteiger partial charge in [-0.15, -0.1) is 0 Å². The highest BCUT2D eigenvalue weighted by molar-refractivity contribution is 9.10. The third-order valence-electron chi connectivity index (χ3n) is 3.81. The molecule has 3 N–H and O–H groups in total. The molecule has 17 heavy (non-hydrogen) atoms. The summed E-state index contributed by atoms with van der Waals surface area (Å²) < 4.78 is 14.5. The molecule has 0 bridgehead atoms. The summed E-state index contributed by atoms with van der Waals surface area (Å²) in [5.41, 5.74) is 5.87. The predicted molar refractivity (Wildman–Crippen MR) is 69.6 cm³/mol. The van der Waals surface area contributed by atoms with Crippen LogP contribution in [0.5, 0.6) is 5.75 Å². The summed E-state index contributed by atoms with van der Waals surface area (Å²) in [6.45, 7) is 0.383. The molecule has 0 spiro atoms. The number of phenolic OH excluding ortho intramolecular Hbond substituents is 1. The number of halogens is 2. The number of hydrogen-bond donors (Lipinski definition) is 2. The van der Waals surface area contributed by atoms with E-state index in [4.69, 9.17) is 5.73 Å². The van der Waals surface area contributed by atoms with Gasteiger partial charge in [0.1, 0.15) is 11.6 Å². The van der Waals surface area contributed by atoms with E-state index in [9.17, 15) is 9.50 Å². The van der Waals surface area contributed by atoms with Gasteiger partial charge in [0, 0.05) is 17.5 Å². The van der Waals surface area contributed by atoms with Gasteiger partial charge in [-0.25, -0.2) is 4.39 Å². The molecule has 1 aromatic rings. The lowest BCUT2D eigenvalue weighted by Gasteiger charge is -2.37. The number of aromatic hydroxyl groups is 1. The maximum atomic E-state index is 14.0. The van der Waals surface area contributed by atoms with Crippen molar-refractivity contribution in [1.82, 2.24) is 0 Å². The minimum Gasteiger partial charge on any atom is -0.506 e. The van der Waals surface area contributed by atoms with Crippen LogP contribution in [0.3, 0.4) is 0 Å². The fourth-order valence-corrected chi connectivity index (χ4v) is 3.16. The fourth-order valence-electron chi connectivity index (χ4n) is 2.83. The number of phenols is 1. The average Bonchev–Trinajstić information content (AvgIpc) is 2.35. The van der Waals surface area contributed by atoms with Gasteiger partial charge in [0.25, 0.3) is 0 Å². The lowest BCUT2D eigenvalue weighted by atomic mass is 9.69. The van der Waals surface area contributed by atoms with Crippen molar-refractivity contribution in [2.24, 2.45) is 5.73 Å². The van der Waals surface area contributed by atoms with Crippen molar-refractivity contribution in [3.05, 3.63) is 28.0 Å². The Morgan fingerprint density at radius 1 is 1.29 bits per heavy atom. The third kappa shape index (κ3) is 2.20. The summed E-state index contributed by atoms with van der Waals surface area (Å²) in [6.07, 6.45) is 4.96. The molecule has 0 atom stereocenters. The smallest absolute Gasteiger partial charge is 0.136 e. The van der Waals surface area contributed by atoms with E-state index in [-0.39, 0.29) is 11.6 Å². The maximum Gasteiger partial charge on any atom is 0.136 e. The summed E-state index contributed by atoms with van der Waals surface area (Å²) in [6, 6.07) is 2.92. The van der Waals surface area contributed by atoms with E-state index in [1.54, 1.807) is 0 Å². The lowest BCUT2D eigenvalue weighted by Crippen LogP contribution is -2.38. The quantitative estimate of drug-likeness (QED) is 0.879. The molecule has 0 unspecified atom stereocenters. The summed E-state index contributed by atoms with van der Waals surface area (Å²) in [5, 5.41) is 10.1. The van der Waals surface area contributed by atoms with E-state index in [1.165, 1.54) is 12.1 Å². The summed E-state index contributed by atoms with van der Waals surface area (Å²) in [7, 11) is 0. The normalized spacial score (nSPS) is 19.2. The number of nitrogens with two attached hydrogens (primary N) is 1. The van der Waals surface area contributed by atoms with Crippen molar-refractivity contribution in [3.63, 3.8) is 0 Å². The molecule has 0 aliphatic heterocycles. The van der Waals surface area contributed by atoms with E-state index in [2.05, 4.69) is 15.9 Å². The topological polar surface area (TPSA) is 46.2 Å². The van der Waals surface area contributed by atoms with Gasteiger partial charge >= 0.3 is 0 Å². The number of hydrogen-bond acceptors (Lipinski definition) is 2. The zero-order valence-electron chi connectivity index (χ0n) is 9.68. The standard InChI is InChI=1S/C13H17BrFNO/c14-9-4-5-10(15)11(12(9)17)13(8-16)6-2-1-3-7-13/h4-5,17H,1-3,6-8,16H2. The molecule has 0 radical (unpaired) electrons. The first-order valence-electron chi connectivity index (χ1n) is 5.98. The van der Waals surface area contributed by atoms with Crippen LogP contribution < -0.4 is 5.73 Å². The molecule has 0 saturated heterocycles. The van der Waals surface area contributed by atoms with Crippen LogP contribution in [0.15, 0.2) is 16.6 Å². The zero-order valence-corrected chi connectivity index (χ0v) is 11.3. The molecule has 94 valence electrons. The molecule has 1 saturated carbocycles. The van der Waals surface area contributed by atoms with Crippen molar-refractivity contribution in [1.29, 1.82) is 0 Å². The van der Waals surface area contributed by atoms with Crippen molar-refractivity contribution in [3.8, 4) is 5.75 Å². The van der Waals surface area contributed by atoms with Crippen molar-refractivity contribution >= 4 is 15.9 Å². The molecule has 2 rings (SSSR count). The Morgan fingerprint density at radius 2 is 1.94 bits per heavy atom. The van der Waals surface area contributed by atoms with Crippen LogP contribution in [0.1, 0.15) is 37.7 Å².